The number of pyridine rings is 1. The molecule has 0 saturated heterocycles. The van der Waals surface area contributed by atoms with Crippen molar-refractivity contribution in [3.8, 4) is 6.07 Å². The third-order valence-corrected chi connectivity index (χ3v) is 3.18. The van der Waals surface area contributed by atoms with Gasteiger partial charge >= 0.3 is 0 Å². The molecule has 1 aromatic rings. The van der Waals surface area contributed by atoms with E-state index in [-0.39, 0.29) is 0 Å². The molecule has 3 heteroatoms. The number of aryl methyl sites for hydroxylation is 2. The maximum Gasteiger partial charge on any atom is 0.103 e. The Bertz CT molecular complexity index is 414. The Morgan fingerprint density at radius 1 is 1.35 bits per heavy atom. The van der Waals surface area contributed by atoms with Crippen molar-refractivity contribution in [3.63, 3.8) is 0 Å². The minimum absolute atomic E-state index is 0.662. The van der Waals surface area contributed by atoms with Gasteiger partial charge in [-0.3, -0.25) is 4.98 Å². The fourth-order valence-corrected chi connectivity index (χ4v) is 1.94. The van der Waals surface area contributed by atoms with Gasteiger partial charge in [0.05, 0.1) is 16.9 Å². The average molecular weight is 231 g/mol. The Morgan fingerprint density at radius 2 is 2.00 bits per heavy atom. The van der Waals surface area contributed by atoms with Crippen LogP contribution < -0.4 is 5.32 Å². The van der Waals surface area contributed by atoms with Crippen molar-refractivity contribution in [2.45, 2.75) is 40.5 Å². The van der Waals surface area contributed by atoms with E-state index in [0.717, 1.165) is 36.5 Å². The highest BCUT2D eigenvalue weighted by Gasteiger charge is 2.09. The summed E-state index contributed by atoms with van der Waals surface area (Å²) in [6.07, 6.45) is 2.32. The van der Waals surface area contributed by atoms with Gasteiger partial charge in [-0.2, -0.15) is 5.26 Å². The van der Waals surface area contributed by atoms with Crippen molar-refractivity contribution in [2.75, 3.05) is 11.9 Å². The molecular weight excluding hydrogens is 210 g/mol. The quantitative estimate of drug-likeness (QED) is 0.844. The van der Waals surface area contributed by atoms with Crippen LogP contribution >= 0.6 is 0 Å². The van der Waals surface area contributed by atoms with E-state index in [1.54, 1.807) is 0 Å². The predicted molar refractivity (Wildman–Crippen MR) is 71.0 cm³/mol. The zero-order valence-corrected chi connectivity index (χ0v) is 11.2. The molecule has 0 aromatic carbocycles. The average Bonchev–Trinajstić information content (AvgIpc) is 2.29. The van der Waals surface area contributed by atoms with Gasteiger partial charge in [0.25, 0.3) is 0 Å². The van der Waals surface area contributed by atoms with E-state index in [1.165, 1.54) is 0 Å². The molecular formula is C14H21N3. The molecule has 0 radical (unpaired) electrons. The van der Waals surface area contributed by atoms with Crippen molar-refractivity contribution in [1.82, 2.24) is 4.98 Å². The third kappa shape index (κ3) is 3.45. The number of hydrogen-bond acceptors (Lipinski definition) is 3. The Kier molecular flexibility index (Phi) is 4.96. The van der Waals surface area contributed by atoms with Crippen LogP contribution in [0.4, 0.5) is 5.69 Å². The predicted octanol–water partition coefficient (Wildman–Crippen LogP) is 3.42. The van der Waals surface area contributed by atoms with Gasteiger partial charge in [-0.1, -0.05) is 26.7 Å². The highest BCUT2D eigenvalue weighted by Crippen LogP contribution is 2.19. The minimum Gasteiger partial charge on any atom is -0.384 e. The number of rotatable bonds is 5. The monoisotopic (exact) mass is 231 g/mol. The molecule has 1 aromatic heterocycles. The van der Waals surface area contributed by atoms with Crippen LogP contribution in [0.1, 0.15) is 43.6 Å². The lowest BCUT2D eigenvalue weighted by Gasteiger charge is -2.16. The number of aromatic nitrogens is 1. The summed E-state index contributed by atoms with van der Waals surface area (Å²) in [5.41, 5.74) is 3.35. The summed E-state index contributed by atoms with van der Waals surface area (Å²) < 4.78 is 0. The summed E-state index contributed by atoms with van der Waals surface area (Å²) >= 11 is 0. The van der Waals surface area contributed by atoms with E-state index < -0.39 is 0 Å². The zero-order chi connectivity index (χ0) is 12.8. The largest absolute Gasteiger partial charge is 0.384 e. The first-order valence-corrected chi connectivity index (χ1v) is 6.24. The van der Waals surface area contributed by atoms with E-state index >= 15 is 0 Å². The topological polar surface area (TPSA) is 48.7 Å². The van der Waals surface area contributed by atoms with Gasteiger partial charge in [0.15, 0.2) is 0 Å². The first-order valence-electron chi connectivity index (χ1n) is 6.24. The number of nitrogens with one attached hydrogen (secondary N) is 1. The Morgan fingerprint density at radius 3 is 2.53 bits per heavy atom. The van der Waals surface area contributed by atoms with Crippen LogP contribution in [0.2, 0.25) is 0 Å². The molecule has 0 aliphatic carbocycles. The van der Waals surface area contributed by atoms with Gasteiger partial charge in [0, 0.05) is 12.2 Å². The smallest absolute Gasteiger partial charge is 0.103 e. The Hall–Kier alpha value is -1.56. The molecule has 92 valence electrons. The highest BCUT2D eigenvalue weighted by atomic mass is 14.9. The second-order valence-electron chi connectivity index (χ2n) is 4.45. The van der Waals surface area contributed by atoms with Crippen molar-refractivity contribution >= 4 is 5.69 Å². The number of hydrogen-bond donors (Lipinski definition) is 1. The first kappa shape index (κ1) is 13.5. The van der Waals surface area contributed by atoms with E-state index in [9.17, 15) is 0 Å². The molecule has 0 unspecified atom stereocenters. The van der Waals surface area contributed by atoms with Gasteiger partial charge < -0.3 is 5.32 Å². The van der Waals surface area contributed by atoms with E-state index in [1.807, 2.05) is 19.9 Å². The number of nitrogens with zero attached hydrogens (tertiary/aromatic N) is 2. The van der Waals surface area contributed by atoms with Crippen molar-refractivity contribution in [3.05, 3.63) is 23.0 Å². The van der Waals surface area contributed by atoms with Crippen LogP contribution in [-0.4, -0.2) is 11.5 Å². The first-order chi connectivity index (χ1) is 8.12. The molecule has 1 heterocycles. The SMILES string of the molecule is CCC(CC)CNc1cc(C)nc(C)c1C#N. The van der Waals surface area contributed by atoms with Crippen molar-refractivity contribution in [2.24, 2.45) is 5.92 Å². The minimum atomic E-state index is 0.662. The molecule has 0 spiro atoms. The summed E-state index contributed by atoms with van der Waals surface area (Å²) in [7, 11) is 0. The zero-order valence-electron chi connectivity index (χ0n) is 11.2. The van der Waals surface area contributed by atoms with Crippen LogP contribution in [0, 0.1) is 31.1 Å². The Labute approximate surface area is 104 Å². The summed E-state index contributed by atoms with van der Waals surface area (Å²) in [4.78, 5) is 4.31. The van der Waals surface area contributed by atoms with Gasteiger partial charge in [-0.15, -0.1) is 0 Å². The normalized spacial score (nSPS) is 10.4. The lowest BCUT2D eigenvalue weighted by molar-refractivity contribution is 0.519. The summed E-state index contributed by atoms with van der Waals surface area (Å²) in [6.45, 7) is 9.16. The van der Waals surface area contributed by atoms with Crippen molar-refractivity contribution < 1.29 is 0 Å². The molecule has 1 rings (SSSR count). The molecule has 0 saturated carbocycles. The second kappa shape index (κ2) is 6.24. The standard InChI is InChI=1S/C14H21N3/c1-5-12(6-2)9-16-14-7-10(3)17-11(4)13(14)8-15/h7,12H,5-6,9H2,1-4H3,(H,16,17). The summed E-state index contributed by atoms with van der Waals surface area (Å²) in [6, 6.07) is 4.18. The highest BCUT2D eigenvalue weighted by molar-refractivity contribution is 5.59. The maximum absolute atomic E-state index is 9.14. The van der Waals surface area contributed by atoms with Crippen LogP contribution in [-0.2, 0) is 0 Å². The van der Waals surface area contributed by atoms with Crippen LogP contribution in [0.3, 0.4) is 0 Å². The fraction of sp³-hybridized carbons (Fsp3) is 0.571. The van der Waals surface area contributed by atoms with Crippen LogP contribution in [0.15, 0.2) is 6.07 Å². The molecule has 1 N–H and O–H groups in total. The maximum atomic E-state index is 9.14. The molecule has 3 nitrogen and oxygen atoms in total. The number of nitriles is 1. The van der Waals surface area contributed by atoms with Crippen LogP contribution in [0.25, 0.3) is 0 Å². The molecule has 0 aliphatic rings. The van der Waals surface area contributed by atoms with Gasteiger partial charge in [0.1, 0.15) is 6.07 Å². The fourth-order valence-electron chi connectivity index (χ4n) is 1.94. The second-order valence-corrected chi connectivity index (χ2v) is 4.45. The van der Waals surface area contributed by atoms with Crippen LogP contribution in [0.5, 0.6) is 0 Å². The summed E-state index contributed by atoms with van der Waals surface area (Å²) in [5, 5.41) is 12.5. The molecule has 0 bridgehead atoms. The lowest BCUT2D eigenvalue weighted by atomic mass is 10.0. The van der Waals surface area contributed by atoms with E-state index in [4.69, 9.17) is 5.26 Å². The lowest BCUT2D eigenvalue weighted by Crippen LogP contribution is -2.14. The van der Waals surface area contributed by atoms with Crippen molar-refractivity contribution in [1.29, 1.82) is 5.26 Å². The van der Waals surface area contributed by atoms with Gasteiger partial charge in [-0.05, 0) is 25.8 Å². The van der Waals surface area contributed by atoms with E-state index in [0.29, 0.717) is 11.5 Å². The molecule has 17 heavy (non-hydrogen) atoms. The van der Waals surface area contributed by atoms with E-state index in [2.05, 4.69) is 30.2 Å². The molecule has 0 aliphatic heterocycles. The molecule has 0 atom stereocenters. The Balaban J connectivity index is 2.87. The number of anilines is 1. The van der Waals surface area contributed by atoms with Gasteiger partial charge in [-0.25, -0.2) is 0 Å². The molecule has 0 fully saturated rings. The molecule has 0 amide bonds. The third-order valence-electron chi connectivity index (χ3n) is 3.18. The summed E-state index contributed by atoms with van der Waals surface area (Å²) in [5.74, 6) is 0.662. The van der Waals surface area contributed by atoms with Gasteiger partial charge in [0.2, 0.25) is 0 Å².